The molecular weight excluding hydrogens is 136 g/mol. The van der Waals surface area contributed by atoms with Crippen LogP contribution in [0.5, 0.6) is 0 Å². The van der Waals surface area contributed by atoms with E-state index in [1.165, 1.54) is 0 Å². The molecule has 0 radical (unpaired) electrons. The molecule has 0 aliphatic rings. The summed E-state index contributed by atoms with van der Waals surface area (Å²) in [5.74, 6) is -2.50. The first kappa shape index (κ1) is 9.82. The fraction of sp³-hybridized carbons (Fsp3) is 1.00. The van der Waals surface area contributed by atoms with Gasteiger partial charge in [0.25, 0.3) is 5.92 Å². The van der Waals surface area contributed by atoms with E-state index < -0.39 is 12.0 Å². The third-order valence-corrected chi connectivity index (χ3v) is 1.38. The molecule has 3 heteroatoms. The molecule has 0 unspecified atom stereocenters. The molecule has 0 bridgehead atoms. The first-order chi connectivity index (χ1) is 4.34. The van der Waals surface area contributed by atoms with Crippen molar-refractivity contribution in [2.45, 2.75) is 39.2 Å². The quantitative estimate of drug-likeness (QED) is 0.656. The Bertz CT molecular complexity index is 96.3. The number of rotatable bonds is 3. The fourth-order valence-electron chi connectivity index (χ4n) is 0.715. The smallest absolute Gasteiger partial charge is 0.260 e. The Morgan fingerprint density at radius 3 is 1.90 bits per heavy atom. The molecule has 0 aromatic heterocycles. The molecule has 0 rings (SSSR count). The predicted octanol–water partition coefficient (Wildman–Crippen LogP) is 2.02. The lowest BCUT2D eigenvalue weighted by atomic mass is 10.0. The maximum atomic E-state index is 12.4. The van der Waals surface area contributed by atoms with Crippen molar-refractivity contribution in [2.24, 2.45) is 11.7 Å². The molecule has 62 valence electrons. The number of hydrogen-bond acceptors (Lipinski definition) is 1. The van der Waals surface area contributed by atoms with Crippen molar-refractivity contribution in [2.75, 3.05) is 0 Å². The molecule has 0 aliphatic heterocycles. The van der Waals surface area contributed by atoms with E-state index in [-0.39, 0.29) is 5.92 Å². The van der Waals surface area contributed by atoms with Gasteiger partial charge in [0, 0.05) is 6.92 Å². The molecule has 0 spiro atoms. The summed E-state index contributed by atoms with van der Waals surface area (Å²) in [5, 5.41) is 0. The molecule has 2 N–H and O–H groups in total. The van der Waals surface area contributed by atoms with E-state index in [0.717, 1.165) is 6.92 Å². The highest BCUT2D eigenvalue weighted by Crippen LogP contribution is 2.20. The van der Waals surface area contributed by atoms with Crippen LogP contribution in [0.15, 0.2) is 0 Å². The van der Waals surface area contributed by atoms with Gasteiger partial charge in [-0.05, 0) is 12.3 Å². The largest absolute Gasteiger partial charge is 0.323 e. The zero-order valence-corrected chi connectivity index (χ0v) is 6.70. The molecule has 0 saturated heterocycles. The van der Waals surface area contributed by atoms with Crippen molar-refractivity contribution in [1.29, 1.82) is 0 Å². The summed E-state index contributed by atoms with van der Waals surface area (Å²) in [4.78, 5) is 0. The van der Waals surface area contributed by atoms with Gasteiger partial charge in [-0.15, -0.1) is 0 Å². The Kier molecular flexibility index (Phi) is 3.22. The Morgan fingerprint density at radius 2 is 1.80 bits per heavy atom. The Morgan fingerprint density at radius 1 is 1.40 bits per heavy atom. The van der Waals surface area contributed by atoms with Gasteiger partial charge in [-0.3, -0.25) is 0 Å². The summed E-state index contributed by atoms with van der Waals surface area (Å²) in [5.41, 5.74) is 5.20. The van der Waals surface area contributed by atoms with Crippen molar-refractivity contribution in [3.05, 3.63) is 0 Å². The minimum absolute atomic E-state index is 0.237. The molecule has 0 amide bonds. The van der Waals surface area contributed by atoms with Crippen LogP contribution in [0, 0.1) is 5.92 Å². The van der Waals surface area contributed by atoms with Crippen LogP contribution in [0.3, 0.4) is 0 Å². The van der Waals surface area contributed by atoms with Crippen LogP contribution in [-0.2, 0) is 0 Å². The van der Waals surface area contributed by atoms with Crippen molar-refractivity contribution in [1.82, 2.24) is 0 Å². The summed E-state index contributed by atoms with van der Waals surface area (Å²) in [6, 6.07) is -0.993. The number of alkyl halides is 2. The second kappa shape index (κ2) is 3.28. The minimum Gasteiger partial charge on any atom is -0.323 e. The highest BCUT2D eigenvalue weighted by molar-refractivity contribution is 4.76. The van der Waals surface area contributed by atoms with Gasteiger partial charge in [0.2, 0.25) is 0 Å². The van der Waals surface area contributed by atoms with Gasteiger partial charge in [0.05, 0.1) is 6.04 Å². The van der Waals surface area contributed by atoms with E-state index in [9.17, 15) is 8.78 Å². The van der Waals surface area contributed by atoms with Gasteiger partial charge >= 0.3 is 0 Å². The monoisotopic (exact) mass is 151 g/mol. The summed E-state index contributed by atoms with van der Waals surface area (Å²) in [6.07, 6.45) is 0.378. The SMILES string of the molecule is CC(C)C[C@@H](N)C(C)(F)F. The van der Waals surface area contributed by atoms with E-state index in [1.54, 1.807) is 0 Å². The lowest BCUT2D eigenvalue weighted by Crippen LogP contribution is -2.39. The van der Waals surface area contributed by atoms with Crippen molar-refractivity contribution in [3.8, 4) is 0 Å². The van der Waals surface area contributed by atoms with Gasteiger partial charge in [-0.1, -0.05) is 13.8 Å². The van der Waals surface area contributed by atoms with Crippen LogP contribution >= 0.6 is 0 Å². The Balaban J connectivity index is 3.73. The van der Waals surface area contributed by atoms with E-state index >= 15 is 0 Å². The lowest BCUT2D eigenvalue weighted by molar-refractivity contribution is -0.0113. The molecule has 0 saturated carbocycles. The minimum atomic E-state index is -2.73. The zero-order valence-electron chi connectivity index (χ0n) is 6.70. The average Bonchev–Trinajstić information content (AvgIpc) is 1.60. The molecule has 0 aromatic carbocycles. The highest BCUT2D eigenvalue weighted by atomic mass is 19.3. The predicted molar refractivity (Wildman–Crippen MR) is 38.1 cm³/mol. The molecule has 0 fully saturated rings. The third kappa shape index (κ3) is 3.77. The second-order valence-corrected chi connectivity index (χ2v) is 3.19. The first-order valence-corrected chi connectivity index (χ1v) is 3.47. The number of nitrogens with two attached hydrogens (primary N) is 1. The van der Waals surface area contributed by atoms with Gasteiger partial charge in [0.1, 0.15) is 0 Å². The Hall–Kier alpha value is -0.180. The van der Waals surface area contributed by atoms with E-state index in [4.69, 9.17) is 5.73 Å². The average molecular weight is 151 g/mol. The van der Waals surface area contributed by atoms with Crippen LogP contribution in [0.2, 0.25) is 0 Å². The van der Waals surface area contributed by atoms with Crippen molar-refractivity contribution >= 4 is 0 Å². The molecule has 10 heavy (non-hydrogen) atoms. The molecule has 0 aliphatic carbocycles. The van der Waals surface area contributed by atoms with Crippen LogP contribution in [0.4, 0.5) is 8.78 Å². The zero-order chi connectivity index (χ0) is 8.36. The standard InChI is InChI=1S/C7H15F2N/c1-5(2)4-6(10)7(3,8)9/h5-6H,4,10H2,1-3H3/t6-/m1/s1. The van der Waals surface area contributed by atoms with Crippen molar-refractivity contribution < 1.29 is 8.78 Å². The van der Waals surface area contributed by atoms with Crippen LogP contribution in [-0.4, -0.2) is 12.0 Å². The topological polar surface area (TPSA) is 26.0 Å². The molecule has 1 atom stereocenters. The second-order valence-electron chi connectivity index (χ2n) is 3.19. The lowest BCUT2D eigenvalue weighted by Gasteiger charge is -2.20. The van der Waals surface area contributed by atoms with Crippen LogP contribution in [0.25, 0.3) is 0 Å². The summed E-state index contributed by atoms with van der Waals surface area (Å²) in [7, 11) is 0. The number of hydrogen-bond donors (Lipinski definition) is 1. The summed E-state index contributed by atoms with van der Waals surface area (Å²) >= 11 is 0. The van der Waals surface area contributed by atoms with E-state index in [1.807, 2.05) is 13.8 Å². The molecule has 0 heterocycles. The van der Waals surface area contributed by atoms with Gasteiger partial charge in [-0.2, -0.15) is 0 Å². The normalized spacial score (nSPS) is 15.9. The van der Waals surface area contributed by atoms with Crippen LogP contribution < -0.4 is 5.73 Å². The van der Waals surface area contributed by atoms with E-state index in [2.05, 4.69) is 0 Å². The van der Waals surface area contributed by atoms with Crippen LogP contribution in [0.1, 0.15) is 27.2 Å². The van der Waals surface area contributed by atoms with E-state index in [0.29, 0.717) is 6.42 Å². The van der Waals surface area contributed by atoms with Crippen molar-refractivity contribution in [3.63, 3.8) is 0 Å². The van der Waals surface area contributed by atoms with Gasteiger partial charge < -0.3 is 5.73 Å². The number of halogens is 2. The van der Waals surface area contributed by atoms with Gasteiger partial charge in [0.15, 0.2) is 0 Å². The first-order valence-electron chi connectivity index (χ1n) is 3.47. The molecular formula is C7H15F2N. The third-order valence-electron chi connectivity index (χ3n) is 1.38. The Labute approximate surface area is 60.6 Å². The maximum absolute atomic E-state index is 12.4. The summed E-state index contributed by atoms with van der Waals surface area (Å²) < 4.78 is 24.7. The van der Waals surface area contributed by atoms with Gasteiger partial charge in [-0.25, -0.2) is 8.78 Å². The maximum Gasteiger partial charge on any atom is 0.260 e. The fourth-order valence-corrected chi connectivity index (χ4v) is 0.715. The summed E-state index contributed by atoms with van der Waals surface area (Å²) in [6.45, 7) is 4.62. The highest BCUT2D eigenvalue weighted by Gasteiger charge is 2.30. The molecule has 1 nitrogen and oxygen atoms in total. The molecule has 0 aromatic rings.